The summed E-state index contributed by atoms with van der Waals surface area (Å²) in [7, 11) is 0. The van der Waals surface area contributed by atoms with Crippen molar-refractivity contribution in [3.05, 3.63) is 56.6 Å². The van der Waals surface area contributed by atoms with Crippen molar-refractivity contribution in [1.82, 2.24) is 5.43 Å². The summed E-state index contributed by atoms with van der Waals surface area (Å²) in [5.74, 6) is 0.329. The molecular weight excluding hydrogens is 419 g/mol. The molecule has 2 aromatic rings. The molecule has 5 nitrogen and oxygen atoms in total. The molecule has 0 fully saturated rings. The molecule has 0 aliphatic rings. The number of halogens is 2. The van der Waals surface area contributed by atoms with Gasteiger partial charge in [-0.2, -0.15) is 5.10 Å². The van der Waals surface area contributed by atoms with Crippen LogP contribution in [0, 0.1) is 3.57 Å². The van der Waals surface area contributed by atoms with E-state index in [1.807, 2.05) is 0 Å². The molecule has 1 amide bonds. The van der Waals surface area contributed by atoms with E-state index in [0.717, 1.165) is 3.57 Å². The summed E-state index contributed by atoms with van der Waals surface area (Å²) in [5, 5.41) is 13.7. The van der Waals surface area contributed by atoms with Crippen LogP contribution in [0.15, 0.2) is 47.6 Å². The summed E-state index contributed by atoms with van der Waals surface area (Å²) in [6.07, 6.45) is 1.43. The third kappa shape index (κ3) is 5.19. The van der Waals surface area contributed by atoms with Crippen LogP contribution in [0.3, 0.4) is 0 Å². The van der Waals surface area contributed by atoms with Gasteiger partial charge in [0.15, 0.2) is 6.61 Å². The zero-order chi connectivity index (χ0) is 15.9. The van der Waals surface area contributed by atoms with E-state index in [9.17, 15) is 9.90 Å². The molecule has 7 heteroatoms. The number of ether oxygens (including phenoxy) is 1. The zero-order valence-electron chi connectivity index (χ0n) is 11.3. The van der Waals surface area contributed by atoms with Gasteiger partial charge in [-0.25, -0.2) is 5.43 Å². The summed E-state index contributed by atoms with van der Waals surface area (Å²) in [5.41, 5.74) is 3.02. The maximum Gasteiger partial charge on any atom is 0.277 e. The number of hydrazone groups is 1. The van der Waals surface area contributed by atoms with Gasteiger partial charge in [0, 0.05) is 5.02 Å². The molecule has 2 N–H and O–H groups in total. The number of carbonyl (C=O) groups excluding carboxylic acids is 1. The first-order valence-electron chi connectivity index (χ1n) is 6.23. The Morgan fingerprint density at radius 1 is 1.36 bits per heavy atom. The molecule has 0 saturated carbocycles. The number of hydrogen-bond acceptors (Lipinski definition) is 4. The van der Waals surface area contributed by atoms with E-state index >= 15 is 0 Å². The van der Waals surface area contributed by atoms with Gasteiger partial charge in [-0.3, -0.25) is 4.79 Å². The van der Waals surface area contributed by atoms with Crippen LogP contribution < -0.4 is 10.2 Å². The van der Waals surface area contributed by atoms with E-state index in [1.54, 1.807) is 36.4 Å². The maximum absolute atomic E-state index is 11.6. The van der Waals surface area contributed by atoms with E-state index in [4.69, 9.17) is 16.3 Å². The van der Waals surface area contributed by atoms with Gasteiger partial charge in [-0.05, 0) is 58.5 Å². The highest BCUT2D eigenvalue weighted by Gasteiger charge is 2.05. The van der Waals surface area contributed by atoms with Crippen molar-refractivity contribution in [3.8, 4) is 11.5 Å². The van der Waals surface area contributed by atoms with E-state index in [1.165, 1.54) is 12.3 Å². The lowest BCUT2D eigenvalue weighted by atomic mass is 10.2. The summed E-state index contributed by atoms with van der Waals surface area (Å²) >= 11 is 7.92. The van der Waals surface area contributed by atoms with E-state index < -0.39 is 0 Å². The Morgan fingerprint density at radius 2 is 2.18 bits per heavy atom. The van der Waals surface area contributed by atoms with Gasteiger partial charge in [0.1, 0.15) is 11.5 Å². The highest BCUT2D eigenvalue weighted by molar-refractivity contribution is 14.1. The summed E-state index contributed by atoms with van der Waals surface area (Å²) in [6.45, 7) is -0.158. The van der Waals surface area contributed by atoms with Crippen LogP contribution in [0.1, 0.15) is 5.56 Å². The van der Waals surface area contributed by atoms with Crippen LogP contribution in [-0.4, -0.2) is 23.8 Å². The standard InChI is InChI=1S/C15H12ClIN2O3/c16-11-4-5-14(13(17)7-11)22-9-15(21)19-18-8-10-2-1-3-12(20)6-10/h1-8,20H,9H2,(H,19,21)/b18-8+. The van der Waals surface area contributed by atoms with Gasteiger partial charge in [-0.1, -0.05) is 23.7 Å². The van der Waals surface area contributed by atoms with Gasteiger partial charge < -0.3 is 9.84 Å². The smallest absolute Gasteiger partial charge is 0.277 e. The SMILES string of the molecule is O=C(COc1ccc(Cl)cc1I)N/N=C/c1cccc(O)c1. The van der Waals surface area contributed by atoms with Gasteiger partial charge in [-0.15, -0.1) is 0 Å². The van der Waals surface area contributed by atoms with Gasteiger partial charge in [0.2, 0.25) is 0 Å². The largest absolute Gasteiger partial charge is 0.508 e. The quantitative estimate of drug-likeness (QED) is 0.435. The van der Waals surface area contributed by atoms with Crippen molar-refractivity contribution in [3.63, 3.8) is 0 Å². The minimum absolute atomic E-state index is 0.135. The second kappa shape index (κ2) is 8.00. The molecule has 0 spiro atoms. The van der Waals surface area contributed by atoms with Crippen LogP contribution in [0.5, 0.6) is 11.5 Å². The minimum atomic E-state index is -0.387. The van der Waals surface area contributed by atoms with Crippen LogP contribution in [0.2, 0.25) is 5.02 Å². The lowest BCUT2D eigenvalue weighted by molar-refractivity contribution is -0.123. The second-order valence-electron chi connectivity index (χ2n) is 4.25. The van der Waals surface area contributed by atoms with Crippen LogP contribution >= 0.6 is 34.2 Å². The molecule has 0 aliphatic carbocycles. The van der Waals surface area contributed by atoms with Gasteiger partial charge in [0.25, 0.3) is 5.91 Å². The predicted octanol–water partition coefficient (Wildman–Crippen LogP) is 3.18. The Kier molecular flexibility index (Phi) is 6.02. The summed E-state index contributed by atoms with van der Waals surface area (Å²) < 4.78 is 6.20. The topological polar surface area (TPSA) is 70.9 Å². The molecule has 2 aromatic carbocycles. The Balaban J connectivity index is 1.83. The maximum atomic E-state index is 11.6. The van der Waals surface area contributed by atoms with Crippen molar-refractivity contribution >= 4 is 46.3 Å². The number of nitrogens with zero attached hydrogens (tertiary/aromatic N) is 1. The van der Waals surface area contributed by atoms with Gasteiger partial charge >= 0.3 is 0 Å². The molecule has 22 heavy (non-hydrogen) atoms. The highest BCUT2D eigenvalue weighted by atomic mass is 127. The fourth-order valence-corrected chi connectivity index (χ4v) is 2.58. The lowest BCUT2D eigenvalue weighted by Gasteiger charge is -2.07. The molecule has 0 aliphatic heterocycles. The Labute approximate surface area is 146 Å². The third-order valence-electron chi connectivity index (χ3n) is 2.53. The van der Waals surface area contributed by atoms with Gasteiger partial charge in [0.05, 0.1) is 9.78 Å². The number of aromatic hydroxyl groups is 1. The number of carbonyl (C=O) groups is 1. The molecule has 0 aromatic heterocycles. The fraction of sp³-hybridized carbons (Fsp3) is 0.0667. The normalized spacial score (nSPS) is 10.6. The first-order valence-corrected chi connectivity index (χ1v) is 7.69. The molecule has 2 rings (SSSR count). The van der Waals surface area contributed by atoms with Crippen molar-refractivity contribution < 1.29 is 14.6 Å². The third-order valence-corrected chi connectivity index (χ3v) is 3.60. The molecule has 0 atom stereocenters. The summed E-state index contributed by atoms with van der Waals surface area (Å²) in [6, 6.07) is 11.7. The molecule has 0 unspecified atom stereocenters. The van der Waals surface area contributed by atoms with E-state index in [2.05, 4.69) is 33.1 Å². The fourth-order valence-electron chi connectivity index (χ4n) is 1.55. The average Bonchev–Trinajstić information content (AvgIpc) is 2.46. The Hall–Kier alpha value is -1.80. The number of rotatable bonds is 5. The average molecular weight is 431 g/mol. The van der Waals surface area contributed by atoms with E-state index in [-0.39, 0.29) is 18.3 Å². The molecule has 0 heterocycles. The molecule has 0 saturated heterocycles. The van der Waals surface area contributed by atoms with Crippen molar-refractivity contribution in [2.75, 3.05) is 6.61 Å². The lowest BCUT2D eigenvalue weighted by Crippen LogP contribution is -2.24. The monoisotopic (exact) mass is 430 g/mol. The van der Waals surface area contributed by atoms with Crippen molar-refractivity contribution in [1.29, 1.82) is 0 Å². The number of phenolic OH excluding ortho intramolecular Hbond substituents is 1. The second-order valence-corrected chi connectivity index (χ2v) is 5.85. The number of nitrogens with one attached hydrogen (secondary N) is 1. The molecule has 114 valence electrons. The zero-order valence-corrected chi connectivity index (χ0v) is 14.2. The number of phenols is 1. The molecule has 0 radical (unpaired) electrons. The van der Waals surface area contributed by atoms with Crippen molar-refractivity contribution in [2.45, 2.75) is 0 Å². The summed E-state index contributed by atoms with van der Waals surface area (Å²) in [4.78, 5) is 11.6. The Bertz CT molecular complexity index is 707. The van der Waals surface area contributed by atoms with Crippen LogP contribution in [0.4, 0.5) is 0 Å². The highest BCUT2D eigenvalue weighted by Crippen LogP contribution is 2.24. The van der Waals surface area contributed by atoms with Crippen molar-refractivity contribution in [2.24, 2.45) is 5.10 Å². The van der Waals surface area contributed by atoms with Crippen LogP contribution in [-0.2, 0) is 4.79 Å². The molecule has 0 bridgehead atoms. The predicted molar refractivity (Wildman–Crippen MR) is 93.5 cm³/mol. The first-order chi connectivity index (χ1) is 10.5. The minimum Gasteiger partial charge on any atom is -0.508 e. The number of hydrogen-bond donors (Lipinski definition) is 2. The molecular formula is C15H12ClIN2O3. The van der Waals surface area contributed by atoms with E-state index in [0.29, 0.717) is 16.3 Å². The van der Waals surface area contributed by atoms with Crippen LogP contribution in [0.25, 0.3) is 0 Å². The number of amides is 1. The first kappa shape index (κ1) is 16.6. The Morgan fingerprint density at radius 3 is 2.91 bits per heavy atom. The number of benzene rings is 2.